The lowest BCUT2D eigenvalue weighted by Crippen LogP contribution is -2.02. The van der Waals surface area contributed by atoms with Crippen LogP contribution in [-0.2, 0) is 9.47 Å². The normalized spacial score (nSPS) is 10.1. The van der Waals surface area contributed by atoms with E-state index in [9.17, 15) is 19.7 Å². The number of nitrogens with zero attached hydrogens (tertiary/aromatic N) is 1. The summed E-state index contributed by atoms with van der Waals surface area (Å²) in [5.41, 5.74) is 12.5. The summed E-state index contributed by atoms with van der Waals surface area (Å²) in [6.07, 6.45) is 0. The van der Waals surface area contributed by atoms with Crippen molar-refractivity contribution in [1.29, 1.82) is 0 Å². The molecule has 0 atom stereocenters. The largest absolute Gasteiger partial charge is 0.465 e. The van der Waals surface area contributed by atoms with Gasteiger partial charge in [-0.15, -0.1) is 0 Å². The number of hydrogen-bond acceptors (Lipinski definition) is 7. The first-order valence-corrected chi connectivity index (χ1v) is 11.6. The van der Waals surface area contributed by atoms with Gasteiger partial charge >= 0.3 is 11.9 Å². The molecule has 0 spiro atoms. The van der Waals surface area contributed by atoms with Crippen LogP contribution < -0.4 is 5.73 Å². The van der Waals surface area contributed by atoms with Gasteiger partial charge in [-0.2, -0.15) is 0 Å². The standard InChI is InChI=1S/C15H13NO4.C15H15NO2/c1-10-3-5-11(6-4-10)12-7-13(15(17)20-2)9-14(8-12)16(18)19;1-10-3-5-11(6-4-10)12-7-13(15(17)18-2)9-14(16)8-12/h3-9H,1-2H3;3-9H,16H2,1-2H3. The average Bonchev–Trinajstić information content (AvgIpc) is 2.92. The highest BCUT2D eigenvalue weighted by molar-refractivity contribution is 5.93. The zero-order chi connectivity index (χ0) is 27.8. The number of methoxy groups -OCH3 is 2. The molecule has 0 aliphatic carbocycles. The van der Waals surface area contributed by atoms with Crippen molar-refractivity contribution in [1.82, 2.24) is 0 Å². The first-order chi connectivity index (χ1) is 18.1. The number of anilines is 1. The van der Waals surface area contributed by atoms with Crippen LogP contribution in [0.3, 0.4) is 0 Å². The number of esters is 2. The second-order valence-corrected chi connectivity index (χ2v) is 8.58. The molecule has 38 heavy (non-hydrogen) atoms. The quantitative estimate of drug-likeness (QED) is 0.142. The van der Waals surface area contributed by atoms with Gasteiger partial charge in [0.25, 0.3) is 5.69 Å². The third-order valence-corrected chi connectivity index (χ3v) is 5.70. The molecule has 0 aliphatic heterocycles. The monoisotopic (exact) mass is 512 g/mol. The lowest BCUT2D eigenvalue weighted by atomic mass is 10.0. The summed E-state index contributed by atoms with van der Waals surface area (Å²) in [5, 5.41) is 11.0. The Labute approximate surface area is 220 Å². The van der Waals surface area contributed by atoms with Crippen LogP contribution in [0.15, 0.2) is 84.9 Å². The maximum Gasteiger partial charge on any atom is 0.338 e. The minimum Gasteiger partial charge on any atom is -0.465 e. The molecular weight excluding hydrogens is 484 g/mol. The van der Waals surface area contributed by atoms with Gasteiger partial charge in [-0.1, -0.05) is 59.7 Å². The summed E-state index contributed by atoms with van der Waals surface area (Å²) in [4.78, 5) is 33.5. The van der Waals surface area contributed by atoms with Gasteiger partial charge in [-0.05, 0) is 60.4 Å². The van der Waals surface area contributed by atoms with Gasteiger partial charge in [-0.25, -0.2) is 9.59 Å². The van der Waals surface area contributed by atoms with E-state index in [-0.39, 0.29) is 17.2 Å². The summed E-state index contributed by atoms with van der Waals surface area (Å²) in [7, 11) is 2.60. The number of non-ortho nitro benzene ring substituents is 1. The van der Waals surface area contributed by atoms with Gasteiger partial charge in [-0.3, -0.25) is 10.1 Å². The Bertz CT molecular complexity index is 1460. The van der Waals surface area contributed by atoms with Gasteiger partial charge in [0.1, 0.15) is 0 Å². The molecule has 4 aromatic rings. The van der Waals surface area contributed by atoms with Crippen molar-refractivity contribution in [3.05, 3.63) is 117 Å². The minimum absolute atomic E-state index is 0.136. The highest BCUT2D eigenvalue weighted by Gasteiger charge is 2.15. The first kappa shape index (κ1) is 27.6. The van der Waals surface area contributed by atoms with Crippen molar-refractivity contribution in [2.24, 2.45) is 0 Å². The molecule has 0 amide bonds. The zero-order valence-electron chi connectivity index (χ0n) is 21.6. The first-order valence-electron chi connectivity index (χ1n) is 11.6. The van der Waals surface area contributed by atoms with Crippen molar-refractivity contribution in [3.8, 4) is 22.3 Å². The van der Waals surface area contributed by atoms with E-state index in [2.05, 4.69) is 4.74 Å². The molecule has 8 heteroatoms. The van der Waals surface area contributed by atoms with Crippen LogP contribution >= 0.6 is 0 Å². The predicted octanol–water partition coefficient (Wildman–Crippen LogP) is 6.39. The summed E-state index contributed by atoms with van der Waals surface area (Å²) in [6, 6.07) is 25.1. The third-order valence-electron chi connectivity index (χ3n) is 5.70. The van der Waals surface area contributed by atoms with Gasteiger partial charge in [0.15, 0.2) is 0 Å². The second kappa shape index (κ2) is 12.3. The van der Waals surface area contributed by atoms with Crippen LogP contribution in [0.25, 0.3) is 22.3 Å². The summed E-state index contributed by atoms with van der Waals surface area (Å²) < 4.78 is 9.33. The van der Waals surface area contributed by atoms with Gasteiger partial charge in [0, 0.05) is 17.8 Å². The number of rotatable bonds is 5. The number of nitro benzene ring substituents is 1. The molecule has 0 unspecified atom stereocenters. The second-order valence-electron chi connectivity index (χ2n) is 8.58. The Hall–Kier alpha value is -4.98. The number of nitrogens with two attached hydrogens (primary N) is 1. The summed E-state index contributed by atoms with van der Waals surface area (Å²) >= 11 is 0. The van der Waals surface area contributed by atoms with E-state index in [1.807, 2.05) is 68.4 Å². The number of nitrogen functional groups attached to an aromatic ring is 1. The number of hydrogen-bond donors (Lipinski definition) is 1. The smallest absolute Gasteiger partial charge is 0.338 e. The van der Waals surface area contributed by atoms with Crippen LogP contribution in [0.4, 0.5) is 11.4 Å². The molecule has 4 rings (SSSR count). The molecule has 0 saturated carbocycles. The van der Waals surface area contributed by atoms with E-state index in [4.69, 9.17) is 10.5 Å². The van der Waals surface area contributed by atoms with E-state index in [1.54, 1.807) is 18.2 Å². The highest BCUT2D eigenvalue weighted by Crippen LogP contribution is 2.27. The van der Waals surface area contributed by atoms with Crippen LogP contribution in [0, 0.1) is 24.0 Å². The minimum atomic E-state index is -0.595. The fourth-order valence-corrected chi connectivity index (χ4v) is 3.66. The van der Waals surface area contributed by atoms with Gasteiger partial charge in [0.2, 0.25) is 0 Å². The van der Waals surface area contributed by atoms with Gasteiger partial charge < -0.3 is 15.2 Å². The Morgan fingerprint density at radius 2 is 1.08 bits per heavy atom. The van der Waals surface area contributed by atoms with Crippen molar-refractivity contribution < 1.29 is 24.0 Å². The van der Waals surface area contributed by atoms with Crippen molar-refractivity contribution >= 4 is 23.3 Å². The molecule has 2 N–H and O–H groups in total. The molecule has 0 heterocycles. The zero-order valence-corrected chi connectivity index (χ0v) is 21.6. The van der Waals surface area contributed by atoms with Crippen molar-refractivity contribution in [2.45, 2.75) is 13.8 Å². The number of carbonyl (C=O) groups is 2. The fraction of sp³-hybridized carbons (Fsp3) is 0.133. The highest BCUT2D eigenvalue weighted by atomic mass is 16.6. The van der Waals surface area contributed by atoms with Gasteiger partial charge in [0.05, 0.1) is 30.3 Å². The molecule has 0 bridgehead atoms. The molecule has 0 radical (unpaired) electrons. The number of ether oxygens (including phenoxy) is 2. The van der Waals surface area contributed by atoms with E-state index >= 15 is 0 Å². The Balaban J connectivity index is 0.000000212. The third kappa shape index (κ3) is 7.04. The molecular formula is C30H28N2O6. The van der Waals surface area contributed by atoms with Crippen LogP contribution in [0.2, 0.25) is 0 Å². The lowest BCUT2D eigenvalue weighted by molar-refractivity contribution is -0.384. The Kier molecular flexibility index (Phi) is 8.95. The summed E-state index contributed by atoms with van der Waals surface area (Å²) in [6.45, 7) is 3.99. The maximum atomic E-state index is 11.6. The SMILES string of the molecule is COC(=O)c1cc(-c2ccc(C)cc2)cc([N+](=O)[O-])c1.COC(=O)c1cc(N)cc(-c2ccc(C)cc2)c1. The molecule has 0 aromatic heterocycles. The van der Waals surface area contributed by atoms with Crippen LogP contribution in [0.1, 0.15) is 31.8 Å². The molecule has 0 aliphatic rings. The molecule has 0 saturated heterocycles. The van der Waals surface area contributed by atoms with E-state index in [0.29, 0.717) is 16.8 Å². The van der Waals surface area contributed by atoms with E-state index < -0.39 is 10.9 Å². The Morgan fingerprint density at radius 1 is 0.658 bits per heavy atom. The van der Waals surface area contributed by atoms with E-state index in [0.717, 1.165) is 22.3 Å². The predicted molar refractivity (Wildman–Crippen MR) is 147 cm³/mol. The topological polar surface area (TPSA) is 122 Å². The summed E-state index contributed by atoms with van der Waals surface area (Å²) in [5.74, 6) is -0.974. The maximum absolute atomic E-state index is 11.6. The molecule has 0 fully saturated rings. The molecule has 4 aromatic carbocycles. The molecule has 8 nitrogen and oxygen atoms in total. The van der Waals surface area contributed by atoms with Crippen molar-refractivity contribution in [3.63, 3.8) is 0 Å². The average molecular weight is 513 g/mol. The van der Waals surface area contributed by atoms with Crippen LogP contribution in [0.5, 0.6) is 0 Å². The number of aryl methyl sites for hydroxylation is 2. The number of carbonyl (C=O) groups excluding carboxylic acids is 2. The lowest BCUT2D eigenvalue weighted by Gasteiger charge is -2.07. The number of benzene rings is 4. The Morgan fingerprint density at radius 3 is 1.50 bits per heavy atom. The fourth-order valence-electron chi connectivity index (χ4n) is 3.66. The number of nitro groups is 1. The van der Waals surface area contributed by atoms with Crippen LogP contribution in [-0.4, -0.2) is 31.1 Å². The van der Waals surface area contributed by atoms with E-state index in [1.165, 1.54) is 31.9 Å². The van der Waals surface area contributed by atoms with Crippen molar-refractivity contribution in [2.75, 3.05) is 20.0 Å². The molecule has 194 valence electrons.